The predicted octanol–water partition coefficient (Wildman–Crippen LogP) is 2.52. The van der Waals surface area contributed by atoms with E-state index >= 15 is 0 Å². The van der Waals surface area contributed by atoms with Gasteiger partial charge in [-0.05, 0) is 41.8 Å². The first kappa shape index (κ1) is 14.2. The largest absolute Gasteiger partial charge is 0.348 e. The molecule has 3 N–H and O–H groups in total. The van der Waals surface area contributed by atoms with Crippen LogP contribution in [0, 0.1) is 12.7 Å². The zero-order chi connectivity index (χ0) is 14.5. The summed E-state index contributed by atoms with van der Waals surface area (Å²) in [5, 5.41) is 2.82. The van der Waals surface area contributed by atoms with E-state index in [4.69, 9.17) is 5.73 Å². The average molecular weight is 272 g/mol. The predicted molar refractivity (Wildman–Crippen MR) is 76.6 cm³/mol. The number of benzene rings is 2. The molecule has 2 aromatic carbocycles. The van der Waals surface area contributed by atoms with Crippen molar-refractivity contribution in [3.05, 3.63) is 70.5 Å². The highest BCUT2D eigenvalue weighted by molar-refractivity contribution is 5.95. The van der Waals surface area contributed by atoms with Gasteiger partial charge >= 0.3 is 0 Å². The van der Waals surface area contributed by atoms with Crippen LogP contribution in [0.2, 0.25) is 0 Å². The monoisotopic (exact) mass is 272 g/mol. The standard InChI is InChI=1S/C16H17FN2O/c1-11-7-14(17)5-6-15(11)16(20)19-10-13-4-2-3-12(8-13)9-18/h2-8H,9-10,18H2,1H3,(H,19,20). The highest BCUT2D eigenvalue weighted by Crippen LogP contribution is 2.10. The van der Waals surface area contributed by atoms with E-state index in [0.29, 0.717) is 24.2 Å². The lowest BCUT2D eigenvalue weighted by atomic mass is 10.1. The molecular formula is C16H17FN2O. The van der Waals surface area contributed by atoms with Crippen LogP contribution in [0.3, 0.4) is 0 Å². The normalized spacial score (nSPS) is 10.3. The van der Waals surface area contributed by atoms with Crippen molar-refractivity contribution in [1.29, 1.82) is 0 Å². The average Bonchev–Trinajstić information content (AvgIpc) is 2.45. The number of aryl methyl sites for hydroxylation is 1. The number of halogens is 1. The molecule has 0 heterocycles. The lowest BCUT2D eigenvalue weighted by molar-refractivity contribution is 0.0950. The Morgan fingerprint density at radius 1 is 1.20 bits per heavy atom. The van der Waals surface area contributed by atoms with Crippen LogP contribution in [0.5, 0.6) is 0 Å². The van der Waals surface area contributed by atoms with Crippen LogP contribution in [-0.4, -0.2) is 5.91 Å². The summed E-state index contributed by atoms with van der Waals surface area (Å²) in [5.41, 5.74) is 8.70. The maximum absolute atomic E-state index is 13.0. The number of carbonyl (C=O) groups excluding carboxylic acids is 1. The molecule has 0 aromatic heterocycles. The molecule has 0 atom stereocenters. The number of amides is 1. The van der Waals surface area contributed by atoms with Crippen molar-refractivity contribution >= 4 is 5.91 Å². The molecule has 0 saturated heterocycles. The molecule has 0 aliphatic carbocycles. The molecule has 0 spiro atoms. The van der Waals surface area contributed by atoms with E-state index in [1.807, 2.05) is 24.3 Å². The molecule has 0 aliphatic rings. The number of nitrogens with one attached hydrogen (secondary N) is 1. The van der Waals surface area contributed by atoms with E-state index in [2.05, 4.69) is 5.32 Å². The van der Waals surface area contributed by atoms with E-state index in [9.17, 15) is 9.18 Å². The molecule has 0 unspecified atom stereocenters. The van der Waals surface area contributed by atoms with E-state index in [-0.39, 0.29) is 11.7 Å². The van der Waals surface area contributed by atoms with Crippen LogP contribution in [0.1, 0.15) is 27.0 Å². The zero-order valence-electron chi connectivity index (χ0n) is 11.3. The second-order valence-electron chi connectivity index (χ2n) is 4.67. The van der Waals surface area contributed by atoms with Gasteiger partial charge in [-0.1, -0.05) is 24.3 Å². The Labute approximate surface area is 117 Å². The molecule has 0 bridgehead atoms. The van der Waals surface area contributed by atoms with Gasteiger partial charge in [-0.2, -0.15) is 0 Å². The summed E-state index contributed by atoms with van der Waals surface area (Å²) >= 11 is 0. The molecule has 2 rings (SSSR count). The zero-order valence-corrected chi connectivity index (χ0v) is 11.3. The number of hydrogen-bond acceptors (Lipinski definition) is 2. The van der Waals surface area contributed by atoms with Gasteiger partial charge in [0.1, 0.15) is 5.82 Å². The molecule has 0 saturated carbocycles. The smallest absolute Gasteiger partial charge is 0.251 e. The van der Waals surface area contributed by atoms with Crippen LogP contribution >= 0.6 is 0 Å². The molecule has 0 fully saturated rings. The fraction of sp³-hybridized carbons (Fsp3) is 0.188. The lowest BCUT2D eigenvalue weighted by Gasteiger charge is -2.08. The van der Waals surface area contributed by atoms with E-state index in [1.54, 1.807) is 6.92 Å². The Bertz CT molecular complexity index is 626. The first-order valence-corrected chi connectivity index (χ1v) is 6.42. The number of rotatable bonds is 4. The quantitative estimate of drug-likeness (QED) is 0.898. The molecule has 1 amide bonds. The Morgan fingerprint density at radius 2 is 1.95 bits per heavy atom. The molecular weight excluding hydrogens is 255 g/mol. The summed E-state index contributed by atoms with van der Waals surface area (Å²) < 4.78 is 13.0. The van der Waals surface area contributed by atoms with Gasteiger partial charge in [0.05, 0.1) is 0 Å². The molecule has 20 heavy (non-hydrogen) atoms. The highest BCUT2D eigenvalue weighted by atomic mass is 19.1. The van der Waals surface area contributed by atoms with Crippen molar-refractivity contribution in [3.8, 4) is 0 Å². The third-order valence-corrected chi connectivity index (χ3v) is 3.11. The summed E-state index contributed by atoms with van der Waals surface area (Å²) in [6.45, 7) is 2.61. The Kier molecular flexibility index (Phi) is 4.48. The molecule has 2 aromatic rings. The van der Waals surface area contributed by atoms with Crippen LogP contribution in [-0.2, 0) is 13.1 Å². The topological polar surface area (TPSA) is 55.1 Å². The first-order valence-electron chi connectivity index (χ1n) is 6.42. The van der Waals surface area contributed by atoms with E-state index < -0.39 is 0 Å². The Morgan fingerprint density at radius 3 is 2.65 bits per heavy atom. The van der Waals surface area contributed by atoms with Gasteiger partial charge in [0.25, 0.3) is 5.91 Å². The summed E-state index contributed by atoms with van der Waals surface area (Å²) in [6, 6.07) is 11.9. The fourth-order valence-electron chi connectivity index (χ4n) is 2.03. The van der Waals surface area contributed by atoms with Crippen molar-refractivity contribution in [2.24, 2.45) is 5.73 Å². The van der Waals surface area contributed by atoms with Gasteiger partial charge in [0, 0.05) is 18.7 Å². The van der Waals surface area contributed by atoms with Crippen molar-refractivity contribution in [1.82, 2.24) is 5.32 Å². The summed E-state index contributed by atoms with van der Waals surface area (Å²) in [5.74, 6) is -0.546. The van der Waals surface area contributed by atoms with Crippen LogP contribution in [0.4, 0.5) is 4.39 Å². The summed E-state index contributed by atoms with van der Waals surface area (Å²) in [6.07, 6.45) is 0. The van der Waals surface area contributed by atoms with Gasteiger partial charge in [0.15, 0.2) is 0 Å². The first-order chi connectivity index (χ1) is 9.60. The molecule has 0 radical (unpaired) electrons. The van der Waals surface area contributed by atoms with Crippen LogP contribution < -0.4 is 11.1 Å². The van der Waals surface area contributed by atoms with Gasteiger partial charge in [-0.15, -0.1) is 0 Å². The second-order valence-corrected chi connectivity index (χ2v) is 4.67. The summed E-state index contributed by atoms with van der Waals surface area (Å²) in [7, 11) is 0. The molecule has 0 aliphatic heterocycles. The van der Waals surface area contributed by atoms with Gasteiger partial charge in [-0.3, -0.25) is 4.79 Å². The third-order valence-electron chi connectivity index (χ3n) is 3.11. The number of nitrogens with two attached hydrogens (primary N) is 1. The van der Waals surface area contributed by atoms with Crippen molar-refractivity contribution < 1.29 is 9.18 Å². The molecule has 3 nitrogen and oxygen atoms in total. The lowest BCUT2D eigenvalue weighted by Crippen LogP contribution is -2.23. The fourth-order valence-corrected chi connectivity index (χ4v) is 2.03. The van der Waals surface area contributed by atoms with Crippen molar-refractivity contribution in [2.75, 3.05) is 0 Å². The van der Waals surface area contributed by atoms with Crippen molar-refractivity contribution in [3.63, 3.8) is 0 Å². The highest BCUT2D eigenvalue weighted by Gasteiger charge is 2.09. The minimum Gasteiger partial charge on any atom is -0.348 e. The number of carbonyl (C=O) groups is 1. The van der Waals surface area contributed by atoms with Gasteiger partial charge in [0.2, 0.25) is 0 Å². The third kappa shape index (κ3) is 3.42. The van der Waals surface area contributed by atoms with E-state index in [0.717, 1.165) is 11.1 Å². The molecule has 104 valence electrons. The summed E-state index contributed by atoms with van der Waals surface area (Å²) in [4.78, 5) is 12.0. The number of hydrogen-bond donors (Lipinski definition) is 2. The maximum atomic E-state index is 13.0. The minimum atomic E-state index is -0.338. The Balaban J connectivity index is 2.04. The van der Waals surface area contributed by atoms with Crippen molar-refractivity contribution in [2.45, 2.75) is 20.0 Å². The SMILES string of the molecule is Cc1cc(F)ccc1C(=O)NCc1cccc(CN)c1. The Hall–Kier alpha value is -2.20. The van der Waals surface area contributed by atoms with Crippen LogP contribution in [0.25, 0.3) is 0 Å². The minimum absolute atomic E-state index is 0.208. The second kappa shape index (κ2) is 6.30. The van der Waals surface area contributed by atoms with E-state index in [1.165, 1.54) is 18.2 Å². The molecule has 4 heteroatoms. The van der Waals surface area contributed by atoms with Gasteiger partial charge < -0.3 is 11.1 Å². The van der Waals surface area contributed by atoms with Gasteiger partial charge in [-0.25, -0.2) is 4.39 Å². The van der Waals surface area contributed by atoms with Crippen LogP contribution in [0.15, 0.2) is 42.5 Å². The maximum Gasteiger partial charge on any atom is 0.251 e.